The van der Waals surface area contributed by atoms with Gasteiger partial charge >= 0.3 is 0 Å². The van der Waals surface area contributed by atoms with E-state index in [2.05, 4.69) is 9.97 Å². The maximum Gasteiger partial charge on any atom is 0.259 e. The number of hydrogen-bond acceptors (Lipinski definition) is 5. The summed E-state index contributed by atoms with van der Waals surface area (Å²) in [6.07, 6.45) is 0. The Morgan fingerprint density at radius 2 is 2.17 bits per heavy atom. The predicted molar refractivity (Wildman–Crippen MR) is 70.9 cm³/mol. The molecule has 0 aliphatic rings. The van der Waals surface area contributed by atoms with Crippen molar-refractivity contribution < 1.29 is 4.79 Å². The smallest absolute Gasteiger partial charge is 0.259 e. The second-order valence-electron chi connectivity index (χ2n) is 4.35. The molecule has 0 aromatic carbocycles. The molecule has 18 heavy (non-hydrogen) atoms. The van der Waals surface area contributed by atoms with Gasteiger partial charge in [0.15, 0.2) is 0 Å². The molecule has 0 aliphatic carbocycles. The van der Waals surface area contributed by atoms with Crippen LogP contribution in [0.15, 0.2) is 4.79 Å². The molecule has 0 spiro atoms. The van der Waals surface area contributed by atoms with E-state index in [-0.39, 0.29) is 5.56 Å². The summed E-state index contributed by atoms with van der Waals surface area (Å²) in [5, 5.41) is 0.455. The summed E-state index contributed by atoms with van der Waals surface area (Å²) in [6.45, 7) is 2.25. The van der Waals surface area contributed by atoms with Gasteiger partial charge in [-0.25, -0.2) is 4.98 Å². The highest BCUT2D eigenvalue weighted by molar-refractivity contribution is 7.20. The zero-order valence-corrected chi connectivity index (χ0v) is 11.2. The molecular weight excluding hydrogens is 252 g/mol. The molecule has 2 rings (SSSR count). The third-order valence-corrected chi connectivity index (χ3v) is 3.74. The Kier molecular flexibility index (Phi) is 3.18. The Morgan fingerprint density at radius 3 is 2.72 bits per heavy atom. The summed E-state index contributed by atoms with van der Waals surface area (Å²) in [6, 6.07) is 0. The fourth-order valence-corrected chi connectivity index (χ4v) is 2.85. The van der Waals surface area contributed by atoms with Gasteiger partial charge in [0.1, 0.15) is 10.7 Å². The van der Waals surface area contributed by atoms with Crippen molar-refractivity contribution in [2.75, 3.05) is 14.1 Å². The van der Waals surface area contributed by atoms with Gasteiger partial charge in [-0.15, -0.1) is 11.3 Å². The number of hydrogen-bond donors (Lipinski definition) is 2. The number of fused-ring (bicyclic) bond motifs is 1. The van der Waals surface area contributed by atoms with Crippen molar-refractivity contribution in [2.45, 2.75) is 13.5 Å². The highest BCUT2D eigenvalue weighted by Gasteiger charge is 2.17. The van der Waals surface area contributed by atoms with Crippen molar-refractivity contribution in [3.05, 3.63) is 26.6 Å². The lowest BCUT2D eigenvalue weighted by molar-refractivity contribution is 0.100. The van der Waals surface area contributed by atoms with Crippen LogP contribution in [0, 0.1) is 6.92 Å². The number of primary amides is 1. The molecular formula is C11H14N4O2S. The Bertz CT molecular complexity index is 671. The number of nitrogens with two attached hydrogens (primary N) is 1. The Morgan fingerprint density at radius 1 is 1.50 bits per heavy atom. The number of nitrogens with zero attached hydrogens (tertiary/aromatic N) is 2. The number of carbonyl (C=O) groups excluding carboxylic acids is 1. The van der Waals surface area contributed by atoms with Gasteiger partial charge in [-0.2, -0.15) is 0 Å². The molecule has 2 aromatic rings. The molecule has 0 atom stereocenters. The summed E-state index contributed by atoms with van der Waals surface area (Å²) >= 11 is 1.16. The van der Waals surface area contributed by atoms with Crippen LogP contribution in [0.3, 0.4) is 0 Å². The molecule has 7 heteroatoms. The Labute approximate surface area is 107 Å². The average Bonchev–Trinajstić information content (AvgIpc) is 2.55. The van der Waals surface area contributed by atoms with Crippen LogP contribution in [0.1, 0.15) is 21.1 Å². The van der Waals surface area contributed by atoms with E-state index in [1.54, 1.807) is 6.92 Å². The van der Waals surface area contributed by atoms with Crippen molar-refractivity contribution in [2.24, 2.45) is 5.73 Å². The van der Waals surface area contributed by atoms with Gasteiger partial charge < -0.3 is 15.6 Å². The topological polar surface area (TPSA) is 92.1 Å². The minimum absolute atomic E-state index is 0.224. The first kappa shape index (κ1) is 12.7. The van der Waals surface area contributed by atoms with Crippen molar-refractivity contribution >= 4 is 27.5 Å². The minimum Gasteiger partial charge on any atom is -0.365 e. The minimum atomic E-state index is -0.524. The highest BCUT2D eigenvalue weighted by Crippen LogP contribution is 2.26. The fraction of sp³-hybridized carbons (Fsp3) is 0.364. The standard InChI is InChI=1S/C11H14N4O2S/c1-5-7-10(17)13-6(4-15(2)3)14-11(7)18-8(5)9(12)16/h4H2,1-3H3,(H2,12,16)(H,13,14,17). The van der Waals surface area contributed by atoms with Crippen LogP contribution >= 0.6 is 11.3 Å². The molecule has 1 amide bonds. The fourth-order valence-electron chi connectivity index (χ4n) is 1.80. The van der Waals surface area contributed by atoms with E-state index in [1.165, 1.54) is 0 Å². The second kappa shape index (κ2) is 4.51. The number of aryl methyl sites for hydroxylation is 1. The molecule has 96 valence electrons. The average molecular weight is 266 g/mol. The number of nitrogens with one attached hydrogen (secondary N) is 1. The molecule has 6 nitrogen and oxygen atoms in total. The normalized spacial score (nSPS) is 11.3. The maximum absolute atomic E-state index is 12.0. The molecule has 3 N–H and O–H groups in total. The van der Waals surface area contributed by atoms with E-state index in [9.17, 15) is 9.59 Å². The largest absolute Gasteiger partial charge is 0.365 e. The molecule has 0 saturated heterocycles. The van der Waals surface area contributed by atoms with Crippen molar-refractivity contribution in [3.8, 4) is 0 Å². The lowest BCUT2D eigenvalue weighted by Crippen LogP contribution is -2.18. The number of rotatable bonds is 3. The molecule has 0 aliphatic heterocycles. The van der Waals surface area contributed by atoms with Gasteiger partial charge in [0, 0.05) is 0 Å². The molecule has 2 aromatic heterocycles. The third-order valence-electron chi connectivity index (χ3n) is 2.54. The quantitative estimate of drug-likeness (QED) is 0.844. The van der Waals surface area contributed by atoms with E-state index in [4.69, 9.17) is 5.73 Å². The van der Waals surface area contributed by atoms with Crippen molar-refractivity contribution in [1.82, 2.24) is 14.9 Å². The first-order chi connectivity index (χ1) is 8.40. The van der Waals surface area contributed by atoms with Gasteiger partial charge in [-0.1, -0.05) is 0 Å². The number of carbonyl (C=O) groups is 1. The van der Waals surface area contributed by atoms with Gasteiger partial charge in [0.05, 0.1) is 16.8 Å². The summed E-state index contributed by atoms with van der Waals surface area (Å²) in [5.74, 6) is 0.0545. The summed E-state index contributed by atoms with van der Waals surface area (Å²) < 4.78 is 0. The zero-order valence-electron chi connectivity index (χ0n) is 10.4. The van der Waals surface area contributed by atoms with Crippen LogP contribution in [-0.2, 0) is 6.54 Å². The van der Waals surface area contributed by atoms with Crippen LogP contribution in [0.4, 0.5) is 0 Å². The van der Waals surface area contributed by atoms with Gasteiger partial charge in [0.25, 0.3) is 11.5 Å². The number of aromatic nitrogens is 2. The maximum atomic E-state index is 12.0. The lowest BCUT2D eigenvalue weighted by atomic mass is 10.2. The summed E-state index contributed by atoms with van der Waals surface area (Å²) in [4.78, 5) is 33.2. The van der Waals surface area contributed by atoms with Gasteiger partial charge in [-0.3, -0.25) is 9.59 Å². The first-order valence-corrected chi connectivity index (χ1v) is 6.18. The second-order valence-corrected chi connectivity index (χ2v) is 5.35. The summed E-state index contributed by atoms with van der Waals surface area (Å²) in [7, 11) is 3.78. The molecule has 0 saturated carbocycles. The van der Waals surface area contributed by atoms with E-state index in [0.29, 0.717) is 33.0 Å². The monoisotopic (exact) mass is 266 g/mol. The Balaban J connectivity index is 2.67. The number of thiophene rings is 1. The number of aromatic amines is 1. The first-order valence-electron chi connectivity index (χ1n) is 5.37. The molecule has 2 heterocycles. The van der Waals surface area contributed by atoms with E-state index < -0.39 is 5.91 Å². The van der Waals surface area contributed by atoms with Crippen molar-refractivity contribution in [3.63, 3.8) is 0 Å². The Hall–Kier alpha value is -1.73. The van der Waals surface area contributed by atoms with Crippen LogP contribution < -0.4 is 11.3 Å². The zero-order chi connectivity index (χ0) is 13.4. The van der Waals surface area contributed by atoms with Crippen LogP contribution in [0.5, 0.6) is 0 Å². The highest BCUT2D eigenvalue weighted by atomic mass is 32.1. The van der Waals surface area contributed by atoms with Crippen LogP contribution in [0.25, 0.3) is 10.2 Å². The SMILES string of the molecule is Cc1c(C(N)=O)sc2nc(CN(C)C)[nH]c(=O)c12. The van der Waals surface area contributed by atoms with E-state index >= 15 is 0 Å². The van der Waals surface area contributed by atoms with E-state index in [0.717, 1.165) is 11.3 Å². The molecule has 0 radical (unpaired) electrons. The molecule has 0 bridgehead atoms. The number of amides is 1. The summed E-state index contributed by atoms with van der Waals surface area (Å²) in [5.41, 5.74) is 5.65. The van der Waals surface area contributed by atoms with E-state index in [1.807, 2.05) is 19.0 Å². The molecule has 0 fully saturated rings. The van der Waals surface area contributed by atoms with Crippen LogP contribution in [0.2, 0.25) is 0 Å². The van der Waals surface area contributed by atoms with Crippen molar-refractivity contribution in [1.29, 1.82) is 0 Å². The lowest BCUT2D eigenvalue weighted by Gasteiger charge is -2.07. The van der Waals surface area contributed by atoms with Gasteiger partial charge in [-0.05, 0) is 26.6 Å². The number of H-pyrrole nitrogens is 1. The van der Waals surface area contributed by atoms with Gasteiger partial charge in [0.2, 0.25) is 0 Å². The van der Waals surface area contributed by atoms with Crippen LogP contribution in [-0.4, -0.2) is 34.9 Å². The third kappa shape index (κ3) is 2.14. The predicted octanol–water partition coefficient (Wildman–Crippen LogP) is 0.454. The molecule has 0 unspecified atom stereocenters.